The Labute approximate surface area is 113 Å². The molecular weight excluding hydrogens is 242 g/mol. The molecule has 0 aliphatic carbocycles. The van der Waals surface area contributed by atoms with E-state index in [4.69, 9.17) is 0 Å². The van der Waals surface area contributed by atoms with Gasteiger partial charge in [-0.2, -0.15) is 0 Å². The molecule has 1 N–H and O–H groups in total. The molecule has 1 aliphatic rings. The number of rotatable bonds is 2. The number of hydrogen-bond acceptors (Lipinski definition) is 3. The summed E-state index contributed by atoms with van der Waals surface area (Å²) in [5.74, 6) is -0.344. The molecule has 1 aromatic carbocycles. The molecule has 0 spiro atoms. The van der Waals surface area contributed by atoms with Crippen LogP contribution in [-0.4, -0.2) is 54.5 Å². The fraction of sp³-hybridized carbons (Fsp3) is 0.429. The van der Waals surface area contributed by atoms with Gasteiger partial charge in [-0.05, 0) is 18.7 Å². The number of imide groups is 1. The van der Waals surface area contributed by atoms with Crippen molar-refractivity contribution >= 4 is 11.9 Å². The Kier molecular flexibility index (Phi) is 4.52. The Morgan fingerprint density at radius 1 is 1.11 bits per heavy atom. The van der Waals surface area contributed by atoms with E-state index in [1.807, 2.05) is 6.07 Å². The first-order valence-electron chi connectivity index (χ1n) is 6.58. The smallest absolute Gasteiger partial charge is 0.322 e. The Balaban J connectivity index is 1.86. The average molecular weight is 261 g/mol. The maximum Gasteiger partial charge on any atom is 0.324 e. The number of piperazine rings is 1. The van der Waals surface area contributed by atoms with Crippen molar-refractivity contribution in [2.24, 2.45) is 0 Å². The lowest BCUT2D eigenvalue weighted by Gasteiger charge is -2.33. The molecule has 1 fully saturated rings. The van der Waals surface area contributed by atoms with Crippen molar-refractivity contribution in [1.29, 1.82) is 0 Å². The predicted octanol–water partition coefficient (Wildman–Crippen LogP) is 1.17. The second-order valence-electron chi connectivity index (χ2n) is 4.55. The van der Waals surface area contributed by atoms with E-state index in [0.717, 1.165) is 19.6 Å². The minimum absolute atomic E-state index is 0.301. The van der Waals surface area contributed by atoms with E-state index in [1.54, 1.807) is 29.2 Å². The predicted molar refractivity (Wildman–Crippen MR) is 73.0 cm³/mol. The molecule has 5 heteroatoms. The molecule has 5 nitrogen and oxygen atoms in total. The lowest BCUT2D eigenvalue weighted by atomic mass is 10.2. The van der Waals surface area contributed by atoms with Gasteiger partial charge in [-0.15, -0.1) is 0 Å². The zero-order valence-electron chi connectivity index (χ0n) is 11.1. The molecule has 19 heavy (non-hydrogen) atoms. The molecule has 1 aromatic rings. The van der Waals surface area contributed by atoms with Gasteiger partial charge in [0.2, 0.25) is 0 Å². The fourth-order valence-electron chi connectivity index (χ4n) is 2.11. The number of likely N-dealkylation sites (N-methyl/N-ethyl adjacent to an activating group) is 1. The van der Waals surface area contributed by atoms with Crippen LogP contribution >= 0.6 is 0 Å². The molecule has 0 bridgehead atoms. The van der Waals surface area contributed by atoms with Gasteiger partial charge in [0.15, 0.2) is 0 Å². The average Bonchev–Trinajstić information content (AvgIpc) is 2.48. The first-order valence-corrected chi connectivity index (χ1v) is 6.58. The Hall–Kier alpha value is -1.88. The van der Waals surface area contributed by atoms with E-state index >= 15 is 0 Å². The van der Waals surface area contributed by atoms with Crippen molar-refractivity contribution in [1.82, 2.24) is 15.1 Å². The molecule has 0 atom stereocenters. The summed E-state index contributed by atoms with van der Waals surface area (Å²) < 4.78 is 0. The summed E-state index contributed by atoms with van der Waals surface area (Å²) in [5.41, 5.74) is 0.503. The highest BCUT2D eigenvalue weighted by atomic mass is 16.2. The second-order valence-corrected chi connectivity index (χ2v) is 4.55. The maximum absolute atomic E-state index is 12.0. The highest BCUT2D eigenvalue weighted by molar-refractivity contribution is 6.04. The van der Waals surface area contributed by atoms with E-state index in [1.165, 1.54) is 0 Å². The summed E-state index contributed by atoms with van der Waals surface area (Å²) >= 11 is 0. The van der Waals surface area contributed by atoms with Crippen LogP contribution in [0.25, 0.3) is 0 Å². The van der Waals surface area contributed by atoms with Crippen molar-refractivity contribution in [3.63, 3.8) is 0 Å². The minimum atomic E-state index is -0.344. The van der Waals surface area contributed by atoms with E-state index in [-0.39, 0.29) is 11.9 Å². The third kappa shape index (κ3) is 3.54. The Morgan fingerprint density at radius 3 is 2.32 bits per heavy atom. The number of carbonyl (C=O) groups excluding carboxylic acids is 2. The van der Waals surface area contributed by atoms with Gasteiger partial charge in [-0.25, -0.2) is 4.79 Å². The summed E-state index contributed by atoms with van der Waals surface area (Å²) in [6, 6.07) is 8.47. The number of carbonyl (C=O) groups is 2. The van der Waals surface area contributed by atoms with Crippen LogP contribution in [0.1, 0.15) is 17.3 Å². The molecule has 1 heterocycles. The van der Waals surface area contributed by atoms with Crippen LogP contribution in [0.5, 0.6) is 0 Å². The molecule has 1 aliphatic heterocycles. The molecular formula is C14H19N3O2. The number of hydrogen-bond donors (Lipinski definition) is 1. The van der Waals surface area contributed by atoms with Crippen LogP contribution in [0, 0.1) is 0 Å². The third-order valence-electron chi connectivity index (χ3n) is 3.36. The topological polar surface area (TPSA) is 52.6 Å². The fourth-order valence-corrected chi connectivity index (χ4v) is 2.11. The second kappa shape index (κ2) is 6.33. The zero-order chi connectivity index (χ0) is 13.7. The largest absolute Gasteiger partial charge is 0.324 e. The lowest BCUT2D eigenvalue weighted by Crippen LogP contribution is -2.52. The van der Waals surface area contributed by atoms with Crippen LogP contribution in [0.3, 0.4) is 0 Å². The van der Waals surface area contributed by atoms with Crippen molar-refractivity contribution in [3.8, 4) is 0 Å². The van der Waals surface area contributed by atoms with Crippen LogP contribution < -0.4 is 5.32 Å². The standard InChI is InChI=1S/C14H19N3O2/c1-2-16-8-10-17(11-9-16)14(19)15-13(18)12-6-4-3-5-7-12/h3-7H,2,8-11H2,1H3,(H,15,18,19). The summed E-state index contributed by atoms with van der Waals surface area (Å²) in [4.78, 5) is 27.8. The molecule has 2 rings (SSSR count). The summed E-state index contributed by atoms with van der Waals surface area (Å²) in [6.07, 6.45) is 0. The van der Waals surface area contributed by atoms with Crippen LogP contribution in [-0.2, 0) is 0 Å². The Morgan fingerprint density at radius 2 is 1.74 bits per heavy atom. The van der Waals surface area contributed by atoms with Gasteiger partial charge < -0.3 is 9.80 Å². The number of urea groups is 1. The van der Waals surface area contributed by atoms with E-state index in [2.05, 4.69) is 17.1 Å². The van der Waals surface area contributed by atoms with Crippen molar-refractivity contribution < 1.29 is 9.59 Å². The number of nitrogens with one attached hydrogen (secondary N) is 1. The normalized spacial score (nSPS) is 16.2. The van der Waals surface area contributed by atoms with Crippen LogP contribution in [0.2, 0.25) is 0 Å². The van der Waals surface area contributed by atoms with Crippen molar-refractivity contribution in [2.45, 2.75) is 6.92 Å². The van der Waals surface area contributed by atoms with E-state index in [0.29, 0.717) is 18.7 Å². The van der Waals surface area contributed by atoms with Gasteiger partial charge in [0.1, 0.15) is 0 Å². The highest BCUT2D eigenvalue weighted by Gasteiger charge is 2.21. The maximum atomic E-state index is 12.0. The number of amides is 3. The third-order valence-corrected chi connectivity index (χ3v) is 3.36. The van der Waals surface area contributed by atoms with Gasteiger partial charge in [-0.3, -0.25) is 10.1 Å². The van der Waals surface area contributed by atoms with Crippen LogP contribution in [0.4, 0.5) is 4.79 Å². The monoisotopic (exact) mass is 261 g/mol. The first-order chi connectivity index (χ1) is 9.20. The van der Waals surface area contributed by atoms with E-state index < -0.39 is 0 Å². The van der Waals surface area contributed by atoms with Gasteiger partial charge in [0.05, 0.1) is 0 Å². The van der Waals surface area contributed by atoms with Crippen molar-refractivity contribution in [3.05, 3.63) is 35.9 Å². The molecule has 0 radical (unpaired) electrons. The molecule has 0 aromatic heterocycles. The summed E-state index contributed by atoms with van der Waals surface area (Å²) in [5, 5.41) is 2.43. The number of nitrogens with zero attached hydrogens (tertiary/aromatic N) is 2. The SMILES string of the molecule is CCN1CCN(C(=O)NC(=O)c2ccccc2)CC1. The zero-order valence-corrected chi connectivity index (χ0v) is 11.1. The lowest BCUT2D eigenvalue weighted by molar-refractivity contribution is 0.0936. The van der Waals surface area contributed by atoms with E-state index in [9.17, 15) is 9.59 Å². The highest BCUT2D eigenvalue weighted by Crippen LogP contribution is 2.03. The van der Waals surface area contributed by atoms with Gasteiger partial charge in [0.25, 0.3) is 5.91 Å². The quantitative estimate of drug-likeness (QED) is 0.869. The molecule has 3 amide bonds. The Bertz CT molecular complexity index is 439. The van der Waals surface area contributed by atoms with Crippen LogP contribution in [0.15, 0.2) is 30.3 Å². The molecule has 1 saturated heterocycles. The van der Waals surface area contributed by atoms with Crippen molar-refractivity contribution in [2.75, 3.05) is 32.7 Å². The summed E-state index contributed by atoms with van der Waals surface area (Å²) in [6.45, 7) is 6.17. The van der Waals surface area contributed by atoms with Gasteiger partial charge >= 0.3 is 6.03 Å². The molecule has 102 valence electrons. The summed E-state index contributed by atoms with van der Waals surface area (Å²) in [7, 11) is 0. The van der Waals surface area contributed by atoms with Gasteiger partial charge in [0, 0.05) is 31.7 Å². The minimum Gasteiger partial charge on any atom is -0.322 e. The molecule has 0 unspecified atom stereocenters. The number of benzene rings is 1. The van der Waals surface area contributed by atoms with Gasteiger partial charge in [-0.1, -0.05) is 25.1 Å². The molecule has 0 saturated carbocycles. The first kappa shape index (κ1) is 13.5.